The molecule has 64 valence electrons. The van der Waals surface area contributed by atoms with Gasteiger partial charge in [0, 0.05) is 45.8 Å². The number of ether oxygens (including phenoxy) is 1. The van der Waals surface area contributed by atoms with Crippen LogP contribution in [0.5, 0.6) is 0 Å². The molecule has 1 rings (SSSR count). The van der Waals surface area contributed by atoms with Crippen molar-refractivity contribution in [3.8, 4) is 0 Å². The molecule has 0 atom stereocenters. The third-order valence-corrected chi connectivity index (χ3v) is 1.74. The lowest BCUT2D eigenvalue weighted by Crippen LogP contribution is -2.32. The molecule has 0 amide bonds. The van der Waals surface area contributed by atoms with Crippen molar-refractivity contribution in [2.24, 2.45) is 0 Å². The predicted molar refractivity (Wildman–Crippen MR) is 45.2 cm³/mol. The van der Waals surface area contributed by atoms with Gasteiger partial charge in [-0.15, -0.1) is 0 Å². The first-order valence-corrected chi connectivity index (χ1v) is 4.06. The van der Waals surface area contributed by atoms with Gasteiger partial charge in [-0.2, -0.15) is 0 Å². The molecule has 1 N–H and O–H groups in total. The second kappa shape index (κ2) is 5.02. The molecule has 0 saturated carbocycles. The van der Waals surface area contributed by atoms with Crippen molar-refractivity contribution in [1.29, 1.82) is 0 Å². The molecule has 0 saturated heterocycles. The molecule has 0 fully saturated rings. The van der Waals surface area contributed by atoms with Gasteiger partial charge >= 0.3 is 0 Å². The number of nitrogens with zero attached hydrogens (tertiary/aromatic N) is 1. The molecule has 0 radical (unpaired) electrons. The van der Waals surface area contributed by atoms with Crippen molar-refractivity contribution < 1.29 is 4.74 Å². The molecule has 0 aromatic rings. The molecule has 0 aliphatic carbocycles. The Bertz CT molecular complexity index is 125. The lowest BCUT2D eigenvalue weighted by molar-refractivity contribution is 0.182. The van der Waals surface area contributed by atoms with E-state index in [1.54, 1.807) is 7.11 Å². The van der Waals surface area contributed by atoms with Gasteiger partial charge < -0.3 is 15.0 Å². The van der Waals surface area contributed by atoms with E-state index in [1.807, 2.05) is 6.20 Å². The summed E-state index contributed by atoms with van der Waals surface area (Å²) in [6.07, 6.45) is 5.20. The average molecular weight is 156 g/mol. The fourth-order valence-corrected chi connectivity index (χ4v) is 1.12. The zero-order chi connectivity index (χ0) is 7.94. The van der Waals surface area contributed by atoms with Crippen molar-refractivity contribution in [2.45, 2.75) is 6.42 Å². The van der Waals surface area contributed by atoms with Crippen LogP contribution < -0.4 is 5.32 Å². The summed E-state index contributed by atoms with van der Waals surface area (Å²) in [5.41, 5.74) is 0. The Morgan fingerprint density at radius 1 is 1.64 bits per heavy atom. The monoisotopic (exact) mass is 156 g/mol. The largest absolute Gasteiger partial charge is 0.388 e. The number of hydrogen-bond acceptors (Lipinski definition) is 3. The van der Waals surface area contributed by atoms with Crippen LogP contribution in [0.1, 0.15) is 6.42 Å². The van der Waals surface area contributed by atoms with Crippen molar-refractivity contribution in [2.75, 3.05) is 33.4 Å². The van der Waals surface area contributed by atoms with Crippen LogP contribution in [0.2, 0.25) is 0 Å². The fourth-order valence-electron chi connectivity index (χ4n) is 1.12. The number of rotatable bonds is 4. The Balaban J connectivity index is 2.05. The molecule has 1 aliphatic rings. The maximum Gasteiger partial charge on any atom is 0.0479 e. The lowest BCUT2D eigenvalue weighted by atomic mass is 10.4. The minimum Gasteiger partial charge on any atom is -0.388 e. The molecule has 0 aromatic heterocycles. The molecule has 3 nitrogen and oxygen atoms in total. The van der Waals surface area contributed by atoms with E-state index in [-0.39, 0.29) is 0 Å². The molecular weight excluding hydrogens is 140 g/mol. The summed E-state index contributed by atoms with van der Waals surface area (Å²) >= 11 is 0. The van der Waals surface area contributed by atoms with Gasteiger partial charge in [-0.1, -0.05) is 0 Å². The minimum atomic E-state index is 0.859. The summed E-state index contributed by atoms with van der Waals surface area (Å²) in [4.78, 5) is 2.30. The van der Waals surface area contributed by atoms with Gasteiger partial charge in [0.05, 0.1) is 0 Å². The Kier molecular flexibility index (Phi) is 3.83. The van der Waals surface area contributed by atoms with Gasteiger partial charge in [0.25, 0.3) is 0 Å². The van der Waals surface area contributed by atoms with E-state index < -0.39 is 0 Å². The highest BCUT2D eigenvalue weighted by Gasteiger charge is 2.00. The van der Waals surface area contributed by atoms with E-state index in [1.165, 1.54) is 0 Å². The van der Waals surface area contributed by atoms with E-state index in [0.717, 1.165) is 32.7 Å². The summed E-state index contributed by atoms with van der Waals surface area (Å²) in [6, 6.07) is 0. The molecule has 0 bridgehead atoms. The summed E-state index contributed by atoms with van der Waals surface area (Å²) in [5, 5.41) is 3.15. The molecule has 0 spiro atoms. The maximum atomic E-state index is 4.97. The fraction of sp³-hybridized carbons (Fsp3) is 0.750. The lowest BCUT2D eigenvalue weighted by Gasteiger charge is -2.23. The Morgan fingerprint density at radius 3 is 3.18 bits per heavy atom. The second-order valence-electron chi connectivity index (χ2n) is 2.65. The molecule has 0 unspecified atom stereocenters. The van der Waals surface area contributed by atoms with Crippen LogP contribution in [0.25, 0.3) is 0 Å². The maximum absolute atomic E-state index is 4.97. The van der Waals surface area contributed by atoms with Crippen molar-refractivity contribution in [1.82, 2.24) is 10.2 Å². The van der Waals surface area contributed by atoms with Crippen LogP contribution in [0, 0.1) is 0 Å². The summed E-state index contributed by atoms with van der Waals surface area (Å²) < 4.78 is 4.97. The molecule has 1 heterocycles. The first kappa shape index (κ1) is 8.40. The topological polar surface area (TPSA) is 24.5 Å². The zero-order valence-electron chi connectivity index (χ0n) is 7.05. The van der Waals surface area contributed by atoms with E-state index in [0.29, 0.717) is 0 Å². The summed E-state index contributed by atoms with van der Waals surface area (Å²) in [7, 11) is 1.74. The molecule has 1 aliphatic heterocycles. The highest BCUT2D eigenvalue weighted by atomic mass is 16.5. The number of hydrogen-bond donors (Lipinski definition) is 1. The van der Waals surface area contributed by atoms with E-state index in [4.69, 9.17) is 4.74 Å². The normalized spacial score (nSPS) is 16.6. The van der Waals surface area contributed by atoms with Gasteiger partial charge in [0.15, 0.2) is 0 Å². The average Bonchev–Trinajstić information content (AvgIpc) is 2.07. The number of nitrogens with one attached hydrogen (secondary N) is 1. The van der Waals surface area contributed by atoms with Gasteiger partial charge in [-0.25, -0.2) is 0 Å². The standard InChI is InChI=1S/C8H16N2O/c1-11-8-2-5-10-6-3-9-4-7-10/h3,6,9H,2,4-5,7-8H2,1H3. The summed E-state index contributed by atoms with van der Waals surface area (Å²) in [5.74, 6) is 0. The first-order valence-electron chi connectivity index (χ1n) is 4.06. The second-order valence-corrected chi connectivity index (χ2v) is 2.65. The van der Waals surface area contributed by atoms with Gasteiger partial charge in [-0.3, -0.25) is 0 Å². The van der Waals surface area contributed by atoms with Crippen LogP contribution in [0.15, 0.2) is 12.4 Å². The van der Waals surface area contributed by atoms with Crippen molar-refractivity contribution >= 4 is 0 Å². The van der Waals surface area contributed by atoms with E-state index in [9.17, 15) is 0 Å². The van der Waals surface area contributed by atoms with Crippen LogP contribution >= 0.6 is 0 Å². The number of methoxy groups -OCH3 is 1. The Morgan fingerprint density at radius 2 is 2.55 bits per heavy atom. The quantitative estimate of drug-likeness (QED) is 0.596. The third-order valence-electron chi connectivity index (χ3n) is 1.74. The molecule has 11 heavy (non-hydrogen) atoms. The van der Waals surface area contributed by atoms with Crippen LogP contribution in [0.4, 0.5) is 0 Å². The summed E-state index contributed by atoms with van der Waals surface area (Å²) in [6.45, 7) is 4.13. The van der Waals surface area contributed by atoms with Crippen LogP contribution in [-0.4, -0.2) is 38.3 Å². The van der Waals surface area contributed by atoms with Crippen molar-refractivity contribution in [3.63, 3.8) is 0 Å². The van der Waals surface area contributed by atoms with Crippen molar-refractivity contribution in [3.05, 3.63) is 12.4 Å². The highest BCUT2D eigenvalue weighted by molar-refractivity contribution is 4.85. The van der Waals surface area contributed by atoms with Crippen LogP contribution in [0.3, 0.4) is 0 Å². The Hall–Kier alpha value is -0.700. The molecular formula is C8H16N2O. The Labute approximate surface area is 68.0 Å². The third kappa shape index (κ3) is 3.28. The smallest absolute Gasteiger partial charge is 0.0479 e. The van der Waals surface area contributed by atoms with Gasteiger partial charge in [0.1, 0.15) is 0 Å². The molecule has 3 heteroatoms. The van der Waals surface area contributed by atoms with Crippen LogP contribution in [-0.2, 0) is 4.74 Å². The molecule has 0 aromatic carbocycles. The highest BCUT2D eigenvalue weighted by Crippen LogP contribution is 1.95. The minimum absolute atomic E-state index is 0.859. The van der Waals surface area contributed by atoms with E-state index >= 15 is 0 Å². The first-order chi connectivity index (χ1) is 5.43. The SMILES string of the molecule is COCCCN1C=CNCC1. The predicted octanol–water partition coefficient (Wildman–Crippen LogP) is 0.399. The van der Waals surface area contributed by atoms with Gasteiger partial charge in [-0.05, 0) is 6.42 Å². The van der Waals surface area contributed by atoms with E-state index in [2.05, 4.69) is 16.4 Å². The zero-order valence-corrected chi connectivity index (χ0v) is 7.05. The van der Waals surface area contributed by atoms with Gasteiger partial charge in [0.2, 0.25) is 0 Å².